The maximum atomic E-state index is 13.7. The number of nitrogen functional groups attached to an aromatic ring is 1. The topological polar surface area (TPSA) is 38.5 Å². The van der Waals surface area contributed by atoms with Crippen LogP contribution in [0.25, 0.3) is 0 Å². The molecule has 0 amide bonds. The predicted molar refractivity (Wildman–Crippen MR) is 72.2 cm³/mol. The highest BCUT2D eigenvalue weighted by atomic mass is 19.1. The maximum absolute atomic E-state index is 13.7. The van der Waals surface area contributed by atoms with Crippen molar-refractivity contribution in [2.24, 2.45) is 5.92 Å². The fourth-order valence-electron chi connectivity index (χ4n) is 2.46. The van der Waals surface area contributed by atoms with E-state index in [9.17, 15) is 4.39 Å². The number of benzene rings is 1. The number of hydrogen-bond acceptors (Lipinski definition) is 3. The molecule has 0 aromatic heterocycles. The first-order chi connectivity index (χ1) is 8.68. The summed E-state index contributed by atoms with van der Waals surface area (Å²) < 4.78 is 19.1. The summed E-state index contributed by atoms with van der Waals surface area (Å²) >= 11 is 0. The molecule has 2 N–H and O–H groups in total. The van der Waals surface area contributed by atoms with E-state index in [0.717, 1.165) is 39.0 Å². The largest absolute Gasteiger partial charge is 0.397 e. The highest BCUT2D eigenvalue weighted by Gasteiger charge is 2.16. The first-order valence-corrected chi connectivity index (χ1v) is 6.51. The number of rotatable bonds is 4. The SMILES string of the molecule is CN(CCC1CCOCC1)c1c(N)cccc1F. The van der Waals surface area contributed by atoms with Gasteiger partial charge in [0, 0.05) is 26.8 Å². The van der Waals surface area contributed by atoms with Crippen LogP contribution in [0.2, 0.25) is 0 Å². The van der Waals surface area contributed by atoms with Crippen LogP contribution < -0.4 is 10.6 Å². The standard InChI is InChI=1S/C14H21FN2O/c1-17(8-5-11-6-9-18-10-7-11)14-12(15)3-2-4-13(14)16/h2-4,11H,5-10,16H2,1H3. The van der Waals surface area contributed by atoms with Crippen molar-refractivity contribution in [3.8, 4) is 0 Å². The molecular formula is C14H21FN2O. The van der Waals surface area contributed by atoms with Gasteiger partial charge in [-0.25, -0.2) is 4.39 Å². The third-order valence-corrected chi connectivity index (χ3v) is 3.61. The second kappa shape index (κ2) is 6.05. The van der Waals surface area contributed by atoms with Crippen molar-refractivity contribution in [2.75, 3.05) is 37.4 Å². The Morgan fingerprint density at radius 3 is 2.78 bits per heavy atom. The molecule has 1 fully saturated rings. The van der Waals surface area contributed by atoms with Crippen molar-refractivity contribution in [1.29, 1.82) is 0 Å². The van der Waals surface area contributed by atoms with E-state index in [4.69, 9.17) is 10.5 Å². The third kappa shape index (κ3) is 3.13. The highest BCUT2D eigenvalue weighted by molar-refractivity contribution is 5.67. The van der Waals surface area contributed by atoms with Crippen molar-refractivity contribution >= 4 is 11.4 Å². The summed E-state index contributed by atoms with van der Waals surface area (Å²) in [5.74, 6) is 0.443. The van der Waals surface area contributed by atoms with Gasteiger partial charge in [0.15, 0.2) is 0 Å². The van der Waals surface area contributed by atoms with Crippen LogP contribution in [0.5, 0.6) is 0 Å². The second-order valence-corrected chi connectivity index (χ2v) is 4.94. The van der Waals surface area contributed by atoms with E-state index >= 15 is 0 Å². The van der Waals surface area contributed by atoms with Gasteiger partial charge in [-0.1, -0.05) is 6.07 Å². The second-order valence-electron chi connectivity index (χ2n) is 4.94. The lowest BCUT2D eigenvalue weighted by atomic mass is 9.96. The van der Waals surface area contributed by atoms with Gasteiger partial charge in [0.25, 0.3) is 0 Å². The van der Waals surface area contributed by atoms with Gasteiger partial charge < -0.3 is 15.4 Å². The Morgan fingerprint density at radius 2 is 2.11 bits per heavy atom. The normalized spacial score (nSPS) is 16.8. The molecular weight excluding hydrogens is 231 g/mol. The summed E-state index contributed by atoms with van der Waals surface area (Å²) in [4.78, 5) is 1.92. The lowest BCUT2D eigenvalue weighted by Crippen LogP contribution is -2.25. The third-order valence-electron chi connectivity index (χ3n) is 3.61. The zero-order valence-corrected chi connectivity index (χ0v) is 10.9. The molecule has 1 aliphatic rings. The number of anilines is 2. The van der Waals surface area contributed by atoms with Crippen LogP contribution in [0.4, 0.5) is 15.8 Å². The van der Waals surface area contributed by atoms with Crippen LogP contribution in [0.15, 0.2) is 18.2 Å². The van der Waals surface area contributed by atoms with Crippen molar-refractivity contribution in [2.45, 2.75) is 19.3 Å². The quantitative estimate of drug-likeness (QED) is 0.837. The van der Waals surface area contributed by atoms with Gasteiger partial charge in [0.2, 0.25) is 0 Å². The van der Waals surface area contributed by atoms with Crippen LogP contribution in [-0.4, -0.2) is 26.8 Å². The lowest BCUT2D eigenvalue weighted by Gasteiger charge is -2.26. The first-order valence-electron chi connectivity index (χ1n) is 6.51. The molecule has 4 heteroatoms. The molecule has 100 valence electrons. The Kier molecular flexibility index (Phi) is 4.42. The van der Waals surface area contributed by atoms with Gasteiger partial charge in [-0.3, -0.25) is 0 Å². The number of halogens is 1. The first kappa shape index (κ1) is 13.1. The summed E-state index contributed by atoms with van der Waals surface area (Å²) in [7, 11) is 1.90. The minimum atomic E-state index is -0.246. The van der Waals surface area contributed by atoms with E-state index in [-0.39, 0.29) is 5.82 Å². The minimum Gasteiger partial charge on any atom is -0.397 e. The molecule has 0 radical (unpaired) electrons. The van der Waals surface area contributed by atoms with Gasteiger partial charge in [-0.05, 0) is 37.3 Å². The van der Waals surface area contributed by atoms with Gasteiger partial charge >= 0.3 is 0 Å². The summed E-state index contributed by atoms with van der Waals surface area (Å²) in [6, 6.07) is 4.83. The zero-order valence-electron chi connectivity index (χ0n) is 10.9. The van der Waals surface area contributed by atoms with Crippen LogP contribution in [-0.2, 0) is 4.74 Å². The summed E-state index contributed by atoms with van der Waals surface area (Å²) in [5.41, 5.74) is 6.85. The van der Waals surface area contributed by atoms with Crippen LogP contribution >= 0.6 is 0 Å². The van der Waals surface area contributed by atoms with Crippen LogP contribution in [0.1, 0.15) is 19.3 Å². The highest BCUT2D eigenvalue weighted by Crippen LogP contribution is 2.27. The van der Waals surface area contributed by atoms with Gasteiger partial charge in [0.05, 0.1) is 11.4 Å². The Morgan fingerprint density at radius 1 is 1.39 bits per heavy atom. The number of ether oxygens (including phenoxy) is 1. The van der Waals surface area contributed by atoms with Gasteiger partial charge in [0.1, 0.15) is 5.82 Å². The van der Waals surface area contributed by atoms with Crippen LogP contribution in [0.3, 0.4) is 0 Å². The van der Waals surface area contributed by atoms with Crippen molar-refractivity contribution < 1.29 is 9.13 Å². The van der Waals surface area contributed by atoms with Crippen LogP contribution in [0, 0.1) is 11.7 Å². The van der Waals surface area contributed by atoms with E-state index in [1.807, 2.05) is 11.9 Å². The Bertz CT molecular complexity index is 371. The summed E-state index contributed by atoms with van der Waals surface area (Å²) in [6.07, 6.45) is 3.29. The fourth-order valence-corrected chi connectivity index (χ4v) is 2.46. The monoisotopic (exact) mass is 252 g/mol. The molecule has 1 heterocycles. The molecule has 0 bridgehead atoms. The molecule has 0 spiro atoms. The molecule has 1 saturated heterocycles. The Balaban J connectivity index is 1.92. The van der Waals surface area contributed by atoms with Crippen molar-refractivity contribution in [3.05, 3.63) is 24.0 Å². The number of nitrogens with two attached hydrogens (primary N) is 1. The van der Waals surface area contributed by atoms with E-state index in [2.05, 4.69) is 0 Å². The Labute approximate surface area is 108 Å². The maximum Gasteiger partial charge on any atom is 0.148 e. The Hall–Kier alpha value is -1.29. The molecule has 18 heavy (non-hydrogen) atoms. The average molecular weight is 252 g/mol. The van der Waals surface area contributed by atoms with E-state index in [1.54, 1.807) is 12.1 Å². The predicted octanol–water partition coefficient (Wildman–Crippen LogP) is 2.66. The molecule has 3 nitrogen and oxygen atoms in total. The molecule has 1 aromatic carbocycles. The van der Waals surface area contributed by atoms with Crippen molar-refractivity contribution in [1.82, 2.24) is 0 Å². The number of hydrogen-bond donors (Lipinski definition) is 1. The molecule has 0 aliphatic carbocycles. The molecule has 0 atom stereocenters. The van der Waals surface area contributed by atoms with Crippen molar-refractivity contribution in [3.63, 3.8) is 0 Å². The molecule has 0 saturated carbocycles. The summed E-state index contributed by atoms with van der Waals surface area (Å²) in [6.45, 7) is 2.54. The lowest BCUT2D eigenvalue weighted by molar-refractivity contribution is 0.0645. The van der Waals surface area contributed by atoms with E-state index in [0.29, 0.717) is 17.3 Å². The smallest absolute Gasteiger partial charge is 0.148 e. The summed E-state index contributed by atoms with van der Waals surface area (Å²) in [5, 5.41) is 0. The molecule has 1 aromatic rings. The van der Waals surface area contributed by atoms with Gasteiger partial charge in [-0.2, -0.15) is 0 Å². The average Bonchev–Trinajstić information content (AvgIpc) is 2.37. The molecule has 1 aliphatic heterocycles. The number of nitrogens with zero attached hydrogens (tertiary/aromatic N) is 1. The molecule has 0 unspecified atom stereocenters. The number of para-hydroxylation sites is 1. The van der Waals surface area contributed by atoms with Gasteiger partial charge in [-0.15, -0.1) is 0 Å². The van der Waals surface area contributed by atoms with E-state index in [1.165, 1.54) is 6.07 Å². The molecule has 2 rings (SSSR count). The fraction of sp³-hybridized carbons (Fsp3) is 0.571. The van der Waals surface area contributed by atoms with E-state index < -0.39 is 0 Å². The zero-order chi connectivity index (χ0) is 13.0. The minimum absolute atomic E-state index is 0.246.